The Morgan fingerprint density at radius 3 is 0.750 bits per heavy atom. The van der Waals surface area contributed by atoms with E-state index in [1.807, 2.05) is 0 Å². The predicted molar refractivity (Wildman–Crippen MR) is 22.8 cm³/mol. The van der Waals surface area contributed by atoms with E-state index >= 15 is 0 Å². The monoisotopic (exact) mass is 118 g/mol. The van der Waals surface area contributed by atoms with Crippen LogP contribution in [0.25, 0.3) is 0 Å². The fourth-order valence-electron chi connectivity index (χ4n) is 0. The minimum absolute atomic E-state index is 0. The van der Waals surface area contributed by atoms with Crippen molar-refractivity contribution in [2.24, 2.45) is 0 Å². The van der Waals surface area contributed by atoms with Crippen LogP contribution in [0.1, 0.15) is 0 Å². The van der Waals surface area contributed by atoms with E-state index in [-0.39, 0.29) is 47.3 Å². The molecule has 0 unspecified atom stereocenters. The summed E-state index contributed by atoms with van der Waals surface area (Å²) in [6.45, 7) is 0. The molecule has 4 heteroatoms. The van der Waals surface area contributed by atoms with Gasteiger partial charge in [0.25, 0.3) is 0 Å². The molecule has 0 nitrogen and oxygen atoms in total. The second-order valence-corrected chi connectivity index (χ2v) is 0. The Balaban J connectivity index is 0. The van der Waals surface area contributed by atoms with Crippen LogP contribution in [0.5, 0.6) is 0 Å². The van der Waals surface area contributed by atoms with Gasteiger partial charge in [-0.05, 0) is 11.0 Å². The molecule has 0 aliphatic carbocycles. The van der Waals surface area contributed by atoms with Crippen molar-refractivity contribution in [1.29, 1.82) is 0 Å². The zero-order chi connectivity index (χ0) is 0. The third-order valence-electron chi connectivity index (χ3n) is 0. The summed E-state index contributed by atoms with van der Waals surface area (Å²) in [6, 6.07) is 0. The van der Waals surface area contributed by atoms with E-state index in [0.717, 1.165) is 0 Å². The molecule has 16 valence electrons. The number of hydrogen-bond donors (Lipinski definition) is 0. The van der Waals surface area contributed by atoms with Crippen LogP contribution in [0.3, 0.4) is 0 Å². The van der Waals surface area contributed by atoms with E-state index in [4.69, 9.17) is 0 Å². The SMILES string of the molecule is [B].[B].[SiH4].[Zn]. The normalized spacial score (nSPS) is 0. The van der Waals surface area contributed by atoms with E-state index < -0.39 is 0 Å². The molecule has 0 bridgehead atoms. The van der Waals surface area contributed by atoms with Gasteiger partial charge in [-0.1, -0.05) is 0 Å². The first kappa shape index (κ1) is 83.2. The summed E-state index contributed by atoms with van der Waals surface area (Å²) in [6.07, 6.45) is 0. The van der Waals surface area contributed by atoms with Crippen LogP contribution in [-0.4, -0.2) is 27.8 Å². The number of hydrogen-bond acceptors (Lipinski definition) is 0. The van der Waals surface area contributed by atoms with Crippen LogP contribution in [0.2, 0.25) is 0 Å². The van der Waals surface area contributed by atoms with Crippen molar-refractivity contribution in [3.8, 4) is 0 Å². The standard InChI is InChI=1S/2B.H4Si.Zn/h;;1H4;. The Bertz CT molecular complexity index is 6.00. The Kier molecular flexibility index (Phi) is 774. The molecule has 0 rings (SSSR count). The first-order chi connectivity index (χ1) is 0. The Hall–Kier alpha value is 0.970. The fraction of sp³-hybridized carbons (Fsp3) is 0. The zero-order valence-corrected chi connectivity index (χ0v) is 4.83. The molecular weight excluding hydrogens is 115 g/mol. The van der Waals surface area contributed by atoms with Crippen LogP contribution in [0.15, 0.2) is 0 Å². The van der Waals surface area contributed by atoms with Crippen molar-refractivity contribution in [2.45, 2.75) is 0 Å². The van der Waals surface area contributed by atoms with Crippen molar-refractivity contribution < 1.29 is 19.5 Å². The average molecular weight is 119 g/mol. The van der Waals surface area contributed by atoms with E-state index in [9.17, 15) is 0 Å². The largest absolute Gasteiger partial charge is 0.0149 e. The van der Waals surface area contributed by atoms with E-state index in [2.05, 4.69) is 0 Å². The summed E-state index contributed by atoms with van der Waals surface area (Å²) >= 11 is 0. The summed E-state index contributed by atoms with van der Waals surface area (Å²) in [5.41, 5.74) is 0. The smallest absolute Gasteiger partial charge is 0 e. The molecule has 0 saturated carbocycles. The van der Waals surface area contributed by atoms with Gasteiger partial charge in [-0.15, -0.1) is 0 Å². The van der Waals surface area contributed by atoms with Gasteiger partial charge in [0, 0.05) is 36.3 Å². The van der Waals surface area contributed by atoms with Gasteiger partial charge in [0.15, 0.2) is 0 Å². The summed E-state index contributed by atoms with van der Waals surface area (Å²) < 4.78 is 0. The van der Waals surface area contributed by atoms with Crippen molar-refractivity contribution in [2.75, 3.05) is 0 Å². The molecule has 6 radical (unpaired) electrons. The molecule has 0 atom stereocenters. The van der Waals surface area contributed by atoms with Gasteiger partial charge in [-0.25, -0.2) is 0 Å². The molecule has 0 saturated heterocycles. The molecule has 0 aromatic carbocycles. The summed E-state index contributed by atoms with van der Waals surface area (Å²) in [7, 11) is 0. The van der Waals surface area contributed by atoms with Crippen molar-refractivity contribution >= 4 is 27.8 Å². The predicted octanol–water partition coefficient (Wildman–Crippen LogP) is -2.22. The number of rotatable bonds is 0. The van der Waals surface area contributed by atoms with E-state index in [1.54, 1.807) is 0 Å². The van der Waals surface area contributed by atoms with Gasteiger partial charge in [-0.2, -0.15) is 0 Å². The van der Waals surface area contributed by atoms with E-state index in [0.29, 0.717) is 0 Å². The fourth-order valence-corrected chi connectivity index (χ4v) is 0. The second-order valence-electron chi connectivity index (χ2n) is 0. The van der Waals surface area contributed by atoms with Crippen LogP contribution in [-0.2, 0) is 19.5 Å². The van der Waals surface area contributed by atoms with Crippen LogP contribution >= 0.6 is 0 Å². The topological polar surface area (TPSA) is 0 Å². The minimum Gasteiger partial charge on any atom is -0.0149 e. The first-order valence-electron chi connectivity index (χ1n) is 0. The summed E-state index contributed by atoms with van der Waals surface area (Å²) in [5, 5.41) is 0. The maximum absolute atomic E-state index is 0. The molecule has 0 N–H and O–H groups in total. The molecule has 0 amide bonds. The molecule has 0 aromatic rings. The Labute approximate surface area is 47.7 Å². The Morgan fingerprint density at radius 2 is 0.750 bits per heavy atom. The van der Waals surface area contributed by atoms with E-state index in [1.165, 1.54) is 0 Å². The first-order valence-corrected chi connectivity index (χ1v) is 0. The quantitative estimate of drug-likeness (QED) is 0.317. The van der Waals surface area contributed by atoms with Gasteiger partial charge >= 0.3 is 0 Å². The van der Waals surface area contributed by atoms with Crippen LogP contribution in [0.4, 0.5) is 0 Å². The van der Waals surface area contributed by atoms with Crippen molar-refractivity contribution in [3.63, 3.8) is 0 Å². The Morgan fingerprint density at radius 1 is 0.750 bits per heavy atom. The molecule has 0 aromatic heterocycles. The van der Waals surface area contributed by atoms with Gasteiger partial charge in [0.05, 0.1) is 0 Å². The minimum atomic E-state index is 0. The maximum atomic E-state index is 0. The van der Waals surface area contributed by atoms with Gasteiger partial charge in [0.2, 0.25) is 0 Å². The van der Waals surface area contributed by atoms with Crippen LogP contribution < -0.4 is 0 Å². The molecule has 0 heterocycles. The zero-order valence-electron chi connectivity index (χ0n) is 1.86. The third-order valence-corrected chi connectivity index (χ3v) is 0. The molecule has 4 heavy (non-hydrogen) atoms. The van der Waals surface area contributed by atoms with Crippen LogP contribution in [0, 0.1) is 0 Å². The second kappa shape index (κ2) is 37.2. The van der Waals surface area contributed by atoms with Crippen molar-refractivity contribution in [1.82, 2.24) is 0 Å². The summed E-state index contributed by atoms with van der Waals surface area (Å²) in [5.74, 6) is 0. The molecule has 0 spiro atoms. The third kappa shape index (κ3) is 12.2. The molecule has 0 aliphatic rings. The van der Waals surface area contributed by atoms with Gasteiger partial charge in [-0.3, -0.25) is 0 Å². The van der Waals surface area contributed by atoms with Crippen molar-refractivity contribution in [3.05, 3.63) is 0 Å². The maximum Gasteiger partial charge on any atom is 0 e. The molecular formula is H4B2SiZn. The molecule has 0 fully saturated rings. The van der Waals surface area contributed by atoms with Gasteiger partial charge < -0.3 is 0 Å². The average Bonchev–Trinajstić information content (AvgIpc) is 0. The molecule has 0 aliphatic heterocycles. The van der Waals surface area contributed by atoms with Gasteiger partial charge in [0.1, 0.15) is 0 Å². The summed E-state index contributed by atoms with van der Waals surface area (Å²) in [4.78, 5) is 0.